The molecule has 0 aliphatic carbocycles. The lowest BCUT2D eigenvalue weighted by atomic mass is 9.95. The second kappa shape index (κ2) is 6.93. The Hall–Kier alpha value is -2.05. The molecule has 1 aliphatic heterocycles. The van der Waals surface area contributed by atoms with Crippen molar-refractivity contribution in [3.63, 3.8) is 0 Å². The Morgan fingerprint density at radius 2 is 2.00 bits per heavy atom. The van der Waals surface area contributed by atoms with Crippen molar-refractivity contribution in [3.05, 3.63) is 41.5 Å². The van der Waals surface area contributed by atoms with E-state index in [1.54, 1.807) is 12.1 Å². The standard InChI is InChI=1S/C17H20N2O/c1-2-11-19-12-9-15(10-13-19)4-3-14-5-7-16(8-6-14)17(18)20/h1,3-8,15H,9-13H2,(H2,18,20)/b4-3-. The third kappa shape index (κ3) is 3.97. The molecule has 1 fully saturated rings. The van der Waals surface area contributed by atoms with Crippen molar-refractivity contribution in [2.75, 3.05) is 19.6 Å². The summed E-state index contributed by atoms with van der Waals surface area (Å²) >= 11 is 0. The van der Waals surface area contributed by atoms with E-state index in [1.807, 2.05) is 12.1 Å². The summed E-state index contributed by atoms with van der Waals surface area (Å²) in [7, 11) is 0. The molecule has 3 heteroatoms. The number of amides is 1. The zero-order valence-corrected chi connectivity index (χ0v) is 11.6. The third-order valence-electron chi connectivity index (χ3n) is 3.70. The van der Waals surface area contributed by atoms with Gasteiger partial charge in [-0.3, -0.25) is 9.69 Å². The minimum atomic E-state index is -0.388. The molecule has 2 N–H and O–H groups in total. The molecule has 3 nitrogen and oxygen atoms in total. The number of carbonyl (C=O) groups is 1. The van der Waals surface area contributed by atoms with Crippen molar-refractivity contribution in [2.24, 2.45) is 11.7 Å². The number of carbonyl (C=O) groups excluding carboxylic acids is 1. The Balaban J connectivity index is 1.87. The average Bonchev–Trinajstić information content (AvgIpc) is 2.47. The molecule has 0 atom stereocenters. The van der Waals surface area contributed by atoms with Gasteiger partial charge in [-0.2, -0.15) is 0 Å². The summed E-state index contributed by atoms with van der Waals surface area (Å²) in [5.41, 5.74) is 6.86. The highest BCUT2D eigenvalue weighted by molar-refractivity contribution is 5.92. The highest BCUT2D eigenvalue weighted by Crippen LogP contribution is 2.19. The SMILES string of the molecule is C#CCN1CCC(/C=C\c2ccc(C(N)=O)cc2)CC1. The Kier molecular flexibility index (Phi) is 4.97. The van der Waals surface area contributed by atoms with Crippen LogP contribution in [0, 0.1) is 18.3 Å². The second-order valence-corrected chi connectivity index (χ2v) is 5.16. The molecular formula is C17H20N2O. The average molecular weight is 268 g/mol. The molecule has 2 rings (SSSR count). The molecule has 0 unspecified atom stereocenters. The van der Waals surface area contributed by atoms with Crippen molar-refractivity contribution in [1.82, 2.24) is 4.90 Å². The second-order valence-electron chi connectivity index (χ2n) is 5.16. The highest BCUT2D eigenvalue weighted by atomic mass is 16.1. The first-order valence-corrected chi connectivity index (χ1v) is 6.93. The van der Waals surface area contributed by atoms with Crippen LogP contribution in [-0.4, -0.2) is 30.4 Å². The van der Waals surface area contributed by atoms with E-state index in [9.17, 15) is 4.79 Å². The summed E-state index contributed by atoms with van der Waals surface area (Å²) in [5.74, 6) is 2.92. The van der Waals surface area contributed by atoms with E-state index in [-0.39, 0.29) is 5.91 Å². The topological polar surface area (TPSA) is 46.3 Å². The maximum atomic E-state index is 11.0. The number of benzene rings is 1. The molecule has 1 saturated heterocycles. The van der Waals surface area contributed by atoms with Crippen molar-refractivity contribution >= 4 is 12.0 Å². The van der Waals surface area contributed by atoms with Crippen LogP contribution in [0.1, 0.15) is 28.8 Å². The molecule has 0 aromatic heterocycles. The molecule has 1 aromatic carbocycles. The lowest BCUT2D eigenvalue weighted by Gasteiger charge is -2.28. The first-order valence-electron chi connectivity index (χ1n) is 6.93. The van der Waals surface area contributed by atoms with Crippen LogP contribution >= 0.6 is 0 Å². The Morgan fingerprint density at radius 1 is 1.35 bits per heavy atom. The first-order chi connectivity index (χ1) is 9.69. The molecule has 1 amide bonds. The van der Waals surface area contributed by atoms with Gasteiger partial charge in [0.1, 0.15) is 0 Å². The first kappa shape index (κ1) is 14.4. The van der Waals surface area contributed by atoms with Gasteiger partial charge in [-0.15, -0.1) is 6.42 Å². The van der Waals surface area contributed by atoms with Crippen LogP contribution in [0.4, 0.5) is 0 Å². The van der Waals surface area contributed by atoms with E-state index < -0.39 is 0 Å². The maximum absolute atomic E-state index is 11.0. The van der Waals surface area contributed by atoms with E-state index in [0.717, 1.165) is 38.0 Å². The summed E-state index contributed by atoms with van der Waals surface area (Å²) in [4.78, 5) is 13.3. The lowest BCUT2D eigenvalue weighted by Crippen LogP contribution is -2.33. The predicted octanol–water partition coefficient (Wildman–Crippen LogP) is 2.14. The summed E-state index contributed by atoms with van der Waals surface area (Å²) in [6.45, 7) is 2.89. The summed E-state index contributed by atoms with van der Waals surface area (Å²) in [6, 6.07) is 7.36. The van der Waals surface area contributed by atoms with E-state index in [4.69, 9.17) is 12.2 Å². The van der Waals surface area contributed by atoms with Gasteiger partial charge in [0.15, 0.2) is 0 Å². The third-order valence-corrected chi connectivity index (χ3v) is 3.70. The molecule has 0 saturated carbocycles. The number of hydrogen-bond donors (Lipinski definition) is 1. The zero-order chi connectivity index (χ0) is 14.4. The van der Waals surface area contributed by atoms with Crippen LogP contribution in [0.5, 0.6) is 0 Å². The number of likely N-dealkylation sites (tertiary alicyclic amines) is 1. The molecule has 0 bridgehead atoms. The fourth-order valence-electron chi connectivity index (χ4n) is 2.44. The Bertz CT molecular complexity index is 517. The van der Waals surface area contributed by atoms with Crippen LogP contribution in [0.25, 0.3) is 6.08 Å². The summed E-state index contributed by atoms with van der Waals surface area (Å²) < 4.78 is 0. The van der Waals surface area contributed by atoms with E-state index in [1.165, 1.54) is 0 Å². The minimum absolute atomic E-state index is 0.388. The molecule has 104 valence electrons. The molecule has 0 radical (unpaired) electrons. The molecule has 20 heavy (non-hydrogen) atoms. The number of nitrogens with two attached hydrogens (primary N) is 1. The highest BCUT2D eigenvalue weighted by Gasteiger charge is 2.15. The van der Waals surface area contributed by atoms with Crippen LogP contribution in [0.2, 0.25) is 0 Å². The lowest BCUT2D eigenvalue weighted by molar-refractivity contribution is 0.100. The number of nitrogens with zero attached hydrogens (tertiary/aromatic N) is 1. The molecule has 1 heterocycles. The van der Waals surface area contributed by atoms with E-state index in [0.29, 0.717) is 11.5 Å². The van der Waals surface area contributed by atoms with Crippen molar-refractivity contribution in [2.45, 2.75) is 12.8 Å². The van der Waals surface area contributed by atoms with Gasteiger partial charge in [0, 0.05) is 5.56 Å². The zero-order valence-electron chi connectivity index (χ0n) is 11.6. The Labute approximate surface area is 120 Å². The monoisotopic (exact) mass is 268 g/mol. The van der Waals surface area contributed by atoms with Gasteiger partial charge in [-0.25, -0.2) is 0 Å². The quantitative estimate of drug-likeness (QED) is 0.850. The van der Waals surface area contributed by atoms with E-state index in [2.05, 4.69) is 23.0 Å². The minimum Gasteiger partial charge on any atom is -0.366 e. The van der Waals surface area contributed by atoms with Crippen LogP contribution in [0.3, 0.4) is 0 Å². The van der Waals surface area contributed by atoms with Crippen LogP contribution in [0.15, 0.2) is 30.3 Å². The van der Waals surface area contributed by atoms with Gasteiger partial charge in [0.2, 0.25) is 5.91 Å². The van der Waals surface area contributed by atoms with Gasteiger partial charge in [0.25, 0.3) is 0 Å². The predicted molar refractivity (Wildman–Crippen MR) is 82.0 cm³/mol. The van der Waals surface area contributed by atoms with Gasteiger partial charge < -0.3 is 5.73 Å². The summed E-state index contributed by atoms with van der Waals surface area (Å²) in [5, 5.41) is 0. The fourth-order valence-corrected chi connectivity index (χ4v) is 2.44. The molecular weight excluding hydrogens is 248 g/mol. The number of hydrogen-bond acceptors (Lipinski definition) is 2. The van der Waals surface area contributed by atoms with Crippen molar-refractivity contribution < 1.29 is 4.79 Å². The smallest absolute Gasteiger partial charge is 0.248 e. The normalized spacial score (nSPS) is 17.1. The van der Waals surface area contributed by atoms with Gasteiger partial charge in [-0.05, 0) is 49.5 Å². The fraction of sp³-hybridized carbons (Fsp3) is 0.353. The summed E-state index contributed by atoms with van der Waals surface area (Å²) in [6.07, 6.45) is 12.0. The number of piperidine rings is 1. The number of allylic oxidation sites excluding steroid dienone is 1. The van der Waals surface area contributed by atoms with Gasteiger partial charge >= 0.3 is 0 Å². The van der Waals surface area contributed by atoms with Crippen LogP contribution < -0.4 is 5.73 Å². The van der Waals surface area contributed by atoms with Crippen molar-refractivity contribution in [1.29, 1.82) is 0 Å². The Morgan fingerprint density at radius 3 is 2.55 bits per heavy atom. The van der Waals surface area contributed by atoms with Crippen LogP contribution in [-0.2, 0) is 0 Å². The number of primary amides is 1. The number of rotatable bonds is 4. The molecule has 0 spiro atoms. The van der Waals surface area contributed by atoms with E-state index >= 15 is 0 Å². The largest absolute Gasteiger partial charge is 0.366 e. The number of terminal acetylenes is 1. The molecule has 1 aromatic rings. The van der Waals surface area contributed by atoms with Gasteiger partial charge in [0.05, 0.1) is 6.54 Å². The maximum Gasteiger partial charge on any atom is 0.248 e. The van der Waals surface area contributed by atoms with Crippen molar-refractivity contribution in [3.8, 4) is 12.3 Å². The molecule has 1 aliphatic rings. The van der Waals surface area contributed by atoms with Gasteiger partial charge in [-0.1, -0.05) is 30.2 Å².